The minimum Gasteiger partial charge on any atom is -0.481 e. The van der Waals surface area contributed by atoms with Gasteiger partial charge in [0.25, 0.3) is 0 Å². The first-order chi connectivity index (χ1) is 11.6. The number of benzene rings is 1. The normalized spacial score (nSPS) is 21.0. The van der Waals surface area contributed by atoms with Gasteiger partial charge in [-0.2, -0.15) is 0 Å². The molecular formula is C18H18FNO3S. The molecule has 1 amide bonds. The lowest BCUT2D eigenvalue weighted by molar-refractivity contribution is -0.152. The van der Waals surface area contributed by atoms with E-state index >= 15 is 0 Å². The fourth-order valence-corrected chi connectivity index (χ4v) is 3.96. The number of hydrogen-bond donors (Lipinski definition) is 1. The second kappa shape index (κ2) is 7.13. The molecule has 1 saturated heterocycles. The molecule has 1 aliphatic rings. The second-order valence-corrected chi connectivity index (χ2v) is 6.93. The molecule has 1 fully saturated rings. The van der Waals surface area contributed by atoms with Crippen molar-refractivity contribution in [2.24, 2.45) is 5.92 Å². The Morgan fingerprint density at radius 2 is 2.17 bits per heavy atom. The van der Waals surface area contributed by atoms with Crippen molar-refractivity contribution < 1.29 is 19.1 Å². The van der Waals surface area contributed by atoms with Crippen LogP contribution in [0.3, 0.4) is 0 Å². The molecule has 0 unspecified atom stereocenters. The highest BCUT2D eigenvalue weighted by atomic mass is 32.1. The van der Waals surface area contributed by atoms with Crippen molar-refractivity contribution in [3.8, 4) is 0 Å². The second-order valence-electron chi connectivity index (χ2n) is 5.90. The van der Waals surface area contributed by atoms with E-state index in [9.17, 15) is 19.1 Å². The largest absolute Gasteiger partial charge is 0.481 e. The van der Waals surface area contributed by atoms with Crippen molar-refractivity contribution in [2.75, 3.05) is 6.54 Å². The number of aliphatic carboxylic acids is 1. The Balaban J connectivity index is 1.91. The minimum atomic E-state index is -0.946. The van der Waals surface area contributed by atoms with Crippen LogP contribution in [-0.4, -0.2) is 28.4 Å². The average Bonchev–Trinajstić information content (AvgIpc) is 3.06. The van der Waals surface area contributed by atoms with Gasteiger partial charge in [-0.15, -0.1) is 11.3 Å². The van der Waals surface area contributed by atoms with Crippen molar-refractivity contribution in [1.82, 2.24) is 4.90 Å². The number of halogens is 1. The molecule has 0 saturated carbocycles. The van der Waals surface area contributed by atoms with Crippen molar-refractivity contribution in [3.05, 3.63) is 58.0 Å². The summed E-state index contributed by atoms with van der Waals surface area (Å²) in [4.78, 5) is 26.9. The van der Waals surface area contributed by atoms with Gasteiger partial charge < -0.3 is 10.0 Å². The Labute approximate surface area is 143 Å². The minimum absolute atomic E-state index is 0.0710. The van der Waals surface area contributed by atoms with E-state index in [1.54, 1.807) is 28.4 Å². The van der Waals surface area contributed by atoms with E-state index in [1.165, 1.54) is 12.1 Å². The third-order valence-electron chi connectivity index (χ3n) is 4.39. The van der Waals surface area contributed by atoms with Crippen molar-refractivity contribution in [1.29, 1.82) is 0 Å². The number of likely N-dealkylation sites (tertiary alicyclic amines) is 1. The molecule has 1 aromatic carbocycles. The van der Waals surface area contributed by atoms with Gasteiger partial charge in [0.05, 0.1) is 12.0 Å². The average molecular weight is 347 g/mol. The number of hydrogen-bond acceptors (Lipinski definition) is 3. The Hall–Kier alpha value is -2.21. The molecule has 0 radical (unpaired) electrons. The number of amides is 1. The van der Waals surface area contributed by atoms with Crippen molar-refractivity contribution in [2.45, 2.75) is 25.3 Å². The lowest BCUT2D eigenvalue weighted by atomic mass is 9.84. The van der Waals surface area contributed by atoms with E-state index in [0.29, 0.717) is 18.5 Å². The number of carboxylic acid groups (broad SMARTS) is 1. The van der Waals surface area contributed by atoms with Crippen LogP contribution in [0.5, 0.6) is 0 Å². The maximum absolute atomic E-state index is 13.6. The highest BCUT2D eigenvalue weighted by Crippen LogP contribution is 2.37. The van der Waals surface area contributed by atoms with Gasteiger partial charge in [0, 0.05) is 17.8 Å². The lowest BCUT2D eigenvalue weighted by Gasteiger charge is -2.39. The van der Waals surface area contributed by atoms with Crippen LogP contribution in [0.4, 0.5) is 4.39 Å². The number of rotatable bonds is 5. The van der Waals surface area contributed by atoms with E-state index in [2.05, 4.69) is 0 Å². The monoisotopic (exact) mass is 347 g/mol. The van der Waals surface area contributed by atoms with Gasteiger partial charge in [-0.3, -0.25) is 9.59 Å². The Kier molecular flexibility index (Phi) is 4.94. The zero-order valence-electron chi connectivity index (χ0n) is 13.0. The van der Waals surface area contributed by atoms with E-state index in [1.807, 2.05) is 17.5 Å². The predicted octanol–water partition coefficient (Wildman–Crippen LogP) is 3.49. The van der Waals surface area contributed by atoms with Gasteiger partial charge >= 0.3 is 5.97 Å². The molecule has 0 spiro atoms. The van der Waals surface area contributed by atoms with Crippen LogP contribution in [0, 0.1) is 11.7 Å². The van der Waals surface area contributed by atoms with Crippen LogP contribution in [-0.2, 0) is 16.0 Å². The molecule has 1 N–H and O–H groups in total. The molecule has 2 atom stereocenters. The molecule has 1 aliphatic heterocycles. The maximum atomic E-state index is 13.6. The van der Waals surface area contributed by atoms with Crippen LogP contribution < -0.4 is 0 Å². The molecule has 24 heavy (non-hydrogen) atoms. The van der Waals surface area contributed by atoms with Crippen LogP contribution in [0.1, 0.15) is 29.3 Å². The molecule has 0 aliphatic carbocycles. The number of carboxylic acids is 1. The number of carbonyl (C=O) groups excluding carboxylic acids is 1. The first-order valence-corrected chi connectivity index (χ1v) is 8.74. The molecule has 0 bridgehead atoms. The van der Waals surface area contributed by atoms with Crippen LogP contribution in [0.15, 0.2) is 41.8 Å². The molecule has 4 nitrogen and oxygen atoms in total. The van der Waals surface area contributed by atoms with Gasteiger partial charge in [-0.05, 0) is 42.0 Å². The highest BCUT2D eigenvalue weighted by Gasteiger charge is 2.40. The number of carbonyl (C=O) groups is 2. The van der Waals surface area contributed by atoms with Gasteiger partial charge in [-0.1, -0.05) is 18.2 Å². The summed E-state index contributed by atoms with van der Waals surface area (Å²) in [5.74, 6) is -2.16. The van der Waals surface area contributed by atoms with E-state index in [4.69, 9.17) is 0 Å². The third kappa shape index (κ3) is 3.48. The maximum Gasteiger partial charge on any atom is 0.308 e. The molecular weight excluding hydrogens is 329 g/mol. The fraction of sp³-hybridized carbons (Fsp3) is 0.333. The van der Waals surface area contributed by atoms with Crippen LogP contribution >= 0.6 is 11.3 Å². The lowest BCUT2D eigenvalue weighted by Crippen LogP contribution is -2.46. The molecule has 2 heterocycles. The summed E-state index contributed by atoms with van der Waals surface area (Å²) in [5.41, 5.74) is 0.543. The SMILES string of the molecule is O=C(O)[C@@H]1CCC(=O)N(CCc2cccs2)[C@H]1c1cccc(F)c1. The number of nitrogens with zero attached hydrogens (tertiary/aromatic N) is 1. The first-order valence-electron chi connectivity index (χ1n) is 7.86. The summed E-state index contributed by atoms with van der Waals surface area (Å²) >= 11 is 1.61. The van der Waals surface area contributed by atoms with Gasteiger partial charge in [0.1, 0.15) is 5.82 Å². The summed E-state index contributed by atoms with van der Waals surface area (Å²) in [5, 5.41) is 11.5. The van der Waals surface area contributed by atoms with Crippen molar-refractivity contribution in [3.63, 3.8) is 0 Å². The first kappa shape index (κ1) is 16.6. The van der Waals surface area contributed by atoms with Gasteiger partial charge in [0.2, 0.25) is 5.91 Å². The van der Waals surface area contributed by atoms with Crippen LogP contribution in [0.25, 0.3) is 0 Å². The molecule has 2 aromatic rings. The van der Waals surface area contributed by atoms with E-state index in [0.717, 1.165) is 4.88 Å². The fourth-order valence-electron chi connectivity index (χ4n) is 3.26. The van der Waals surface area contributed by atoms with Crippen molar-refractivity contribution >= 4 is 23.2 Å². The van der Waals surface area contributed by atoms with Gasteiger partial charge in [-0.25, -0.2) is 4.39 Å². The molecule has 3 rings (SSSR count). The summed E-state index contributed by atoms with van der Waals surface area (Å²) < 4.78 is 13.6. The van der Waals surface area contributed by atoms with Gasteiger partial charge in [0.15, 0.2) is 0 Å². The smallest absolute Gasteiger partial charge is 0.308 e. The Morgan fingerprint density at radius 1 is 1.33 bits per heavy atom. The quantitative estimate of drug-likeness (QED) is 0.901. The zero-order chi connectivity index (χ0) is 17.1. The molecule has 1 aromatic heterocycles. The van der Waals surface area contributed by atoms with E-state index in [-0.39, 0.29) is 18.7 Å². The van der Waals surface area contributed by atoms with Crippen LogP contribution in [0.2, 0.25) is 0 Å². The summed E-state index contributed by atoms with van der Waals surface area (Å²) in [6.45, 7) is 0.435. The highest BCUT2D eigenvalue weighted by molar-refractivity contribution is 7.09. The standard InChI is InChI=1S/C18H18FNO3S/c19-13-4-1-3-12(11-13)17-15(18(22)23)6-7-16(21)20(17)9-8-14-5-2-10-24-14/h1-5,10-11,15,17H,6-9H2,(H,22,23)/t15-,17+/m1/s1. The third-order valence-corrected chi connectivity index (χ3v) is 5.33. The summed E-state index contributed by atoms with van der Waals surface area (Å²) in [7, 11) is 0. The van der Waals surface area contributed by atoms with E-state index < -0.39 is 23.7 Å². The molecule has 126 valence electrons. The zero-order valence-corrected chi connectivity index (χ0v) is 13.8. The Morgan fingerprint density at radius 3 is 2.83 bits per heavy atom. The molecule has 6 heteroatoms. The topological polar surface area (TPSA) is 57.6 Å². The Bertz CT molecular complexity index is 732. The number of thiophene rings is 1. The number of piperidine rings is 1. The summed E-state index contributed by atoms with van der Waals surface area (Å²) in [6.07, 6.45) is 1.17. The predicted molar refractivity (Wildman–Crippen MR) is 89.2 cm³/mol. The summed E-state index contributed by atoms with van der Waals surface area (Å²) in [6, 6.07) is 9.21.